The lowest BCUT2D eigenvalue weighted by atomic mass is 10.1. The molecule has 0 radical (unpaired) electrons. The molecule has 2 heterocycles. The molecule has 0 aliphatic rings. The molecule has 2 aromatic rings. The van der Waals surface area contributed by atoms with Crippen LogP contribution < -0.4 is 9.46 Å². The van der Waals surface area contributed by atoms with Gasteiger partial charge in [-0.1, -0.05) is 0 Å². The fourth-order valence-corrected chi connectivity index (χ4v) is 2.00. The van der Waals surface area contributed by atoms with Gasteiger partial charge in [0, 0.05) is 35.6 Å². The zero-order chi connectivity index (χ0) is 28.7. The molecule has 10 heteroatoms. The SMILES string of the molecule is Cc1c[n+](O)c(C)c(C)c1[N+](=O)[O-].[2H]c1c(C([2H])([2H])[2H])c([N+](=O)[O-])c(C([2H])([2H])[2H])c(C([2H])([2H])[2H])[n+]1O. The highest BCUT2D eigenvalue weighted by Crippen LogP contribution is 2.23. The maximum atomic E-state index is 11.2. The van der Waals surface area contributed by atoms with Gasteiger partial charge in [0.1, 0.15) is 1.37 Å². The molecule has 0 aliphatic carbocycles. The van der Waals surface area contributed by atoms with Crippen LogP contribution in [0.25, 0.3) is 0 Å². The van der Waals surface area contributed by atoms with E-state index in [1.807, 2.05) is 0 Å². The molecule has 0 unspecified atom stereocenters. The summed E-state index contributed by atoms with van der Waals surface area (Å²) in [5.41, 5.74) is -4.23. The summed E-state index contributed by atoms with van der Waals surface area (Å²) in [6, 6.07) is 0. The van der Waals surface area contributed by atoms with Crippen LogP contribution in [0.5, 0.6) is 0 Å². The smallest absolute Gasteiger partial charge is 0.285 e. The Morgan fingerprint density at radius 3 is 1.96 bits per heavy atom. The van der Waals surface area contributed by atoms with Gasteiger partial charge in [-0.15, -0.1) is 0 Å². The second-order valence-electron chi connectivity index (χ2n) is 5.10. The quantitative estimate of drug-likeness (QED) is 0.357. The lowest BCUT2D eigenvalue weighted by Gasteiger charge is -1.99. The predicted octanol–water partition coefficient (Wildman–Crippen LogP) is 2.09. The van der Waals surface area contributed by atoms with Gasteiger partial charge in [0.2, 0.25) is 23.8 Å². The van der Waals surface area contributed by atoms with Crippen LogP contribution >= 0.6 is 0 Å². The average molecular weight is 376 g/mol. The Hall–Kier alpha value is -3.30. The van der Waals surface area contributed by atoms with E-state index in [1.54, 1.807) is 20.8 Å². The molecule has 0 fully saturated rings. The summed E-state index contributed by atoms with van der Waals surface area (Å²) in [7, 11) is 0. The molecule has 2 N–H and O–H groups in total. The summed E-state index contributed by atoms with van der Waals surface area (Å²) in [6.45, 7) is -5.24. The summed E-state index contributed by atoms with van der Waals surface area (Å²) in [5.74, 6) is 0. The van der Waals surface area contributed by atoms with Gasteiger partial charge in [0.15, 0.2) is 0 Å². The highest BCUT2D eigenvalue weighted by Gasteiger charge is 2.25. The topological polar surface area (TPSA) is 134 Å². The Balaban J connectivity index is 0.000000420. The van der Waals surface area contributed by atoms with Crippen molar-refractivity contribution in [1.82, 2.24) is 0 Å². The van der Waals surface area contributed by atoms with Crippen LogP contribution in [0.2, 0.25) is 0 Å². The lowest BCUT2D eigenvalue weighted by molar-refractivity contribution is -0.909. The van der Waals surface area contributed by atoms with E-state index in [4.69, 9.17) is 13.7 Å². The number of aryl methyl sites for hydroxylation is 1. The van der Waals surface area contributed by atoms with E-state index in [0.29, 0.717) is 16.8 Å². The van der Waals surface area contributed by atoms with Crippen molar-refractivity contribution < 1.29 is 43.4 Å². The Kier molecular flexibility index (Phi) is 2.97. The summed E-state index contributed by atoms with van der Waals surface area (Å²) in [5, 5.41) is 40.9. The minimum atomic E-state index is -3.41. The zero-order valence-electron chi connectivity index (χ0n) is 23.9. The molecule has 140 valence electrons. The van der Waals surface area contributed by atoms with E-state index in [2.05, 4.69) is 0 Å². The van der Waals surface area contributed by atoms with Crippen LogP contribution in [0.3, 0.4) is 0 Å². The first-order chi connectivity index (χ1) is 16.0. The predicted molar refractivity (Wildman–Crippen MR) is 89.4 cm³/mol. The molecule has 26 heavy (non-hydrogen) atoms. The van der Waals surface area contributed by atoms with Crippen LogP contribution in [0.1, 0.15) is 47.3 Å². The van der Waals surface area contributed by atoms with Crippen molar-refractivity contribution in [3.63, 3.8) is 0 Å². The molecular weight excluding hydrogens is 344 g/mol. The van der Waals surface area contributed by atoms with E-state index in [9.17, 15) is 30.6 Å². The summed E-state index contributed by atoms with van der Waals surface area (Å²) < 4.78 is 73.3. The molecule has 2 aromatic heterocycles. The molecule has 10 nitrogen and oxygen atoms in total. The molecule has 0 saturated carbocycles. The number of hydrogen-bond acceptors (Lipinski definition) is 6. The Bertz CT molecular complexity index is 1220. The highest BCUT2D eigenvalue weighted by atomic mass is 16.6. The van der Waals surface area contributed by atoms with Crippen molar-refractivity contribution in [2.24, 2.45) is 0 Å². The first-order valence-corrected chi connectivity index (χ1v) is 6.80. The van der Waals surface area contributed by atoms with Gasteiger partial charge in [-0.3, -0.25) is 30.6 Å². The Labute approximate surface area is 163 Å². The van der Waals surface area contributed by atoms with Crippen molar-refractivity contribution >= 4 is 11.4 Å². The van der Waals surface area contributed by atoms with Crippen LogP contribution in [0.15, 0.2) is 12.4 Å². The summed E-state index contributed by atoms with van der Waals surface area (Å²) in [4.78, 5) is 20.0. The van der Waals surface area contributed by atoms with Gasteiger partial charge in [-0.25, -0.2) is 0 Å². The van der Waals surface area contributed by atoms with E-state index in [1.165, 1.54) is 6.20 Å². The lowest BCUT2D eigenvalue weighted by Crippen LogP contribution is -2.35. The minimum Gasteiger partial charge on any atom is -0.285 e. The molecule has 0 atom stereocenters. The number of pyridine rings is 2. The Morgan fingerprint density at radius 2 is 1.50 bits per heavy atom. The van der Waals surface area contributed by atoms with Gasteiger partial charge in [-0.2, -0.15) is 0 Å². The van der Waals surface area contributed by atoms with Crippen molar-refractivity contribution in [3.8, 4) is 0 Å². The van der Waals surface area contributed by atoms with Gasteiger partial charge < -0.3 is 0 Å². The monoisotopic (exact) mass is 376 g/mol. The molecule has 0 saturated heterocycles. The normalized spacial score (nSPS) is 17.2. The minimum absolute atomic E-state index is 0.0720. The van der Waals surface area contributed by atoms with Gasteiger partial charge in [0.25, 0.3) is 11.4 Å². The van der Waals surface area contributed by atoms with E-state index in [0.717, 1.165) is 4.73 Å². The van der Waals surface area contributed by atoms with Crippen molar-refractivity contribution in [1.29, 1.82) is 0 Å². The fourth-order valence-electron chi connectivity index (χ4n) is 2.00. The molecule has 2 rings (SSSR count). The van der Waals surface area contributed by atoms with E-state index < -0.39 is 63.8 Å². The van der Waals surface area contributed by atoms with Crippen LogP contribution in [-0.2, 0) is 0 Å². The number of aromatic nitrogens is 2. The summed E-state index contributed by atoms with van der Waals surface area (Å²) >= 11 is 0. The number of nitrogens with zero attached hydrogens (tertiary/aromatic N) is 4. The standard InChI is InChI=1S/2C8H11N2O3/c2*1-5-4-9(11)7(3)6(2)8(5)10(12)13/h2*4,11H,1-3H3/q2*+1/i1D3,2D3,3D3,4D;. The van der Waals surface area contributed by atoms with Crippen molar-refractivity contribution in [2.75, 3.05) is 0 Å². The number of nitro groups is 2. The van der Waals surface area contributed by atoms with Crippen LogP contribution in [0, 0.1) is 61.6 Å². The zero-order valence-corrected chi connectivity index (χ0v) is 13.9. The number of rotatable bonds is 2. The third-order valence-corrected chi connectivity index (χ3v) is 3.44. The molecule has 0 aliphatic heterocycles. The van der Waals surface area contributed by atoms with Crippen molar-refractivity contribution in [2.45, 2.75) is 41.3 Å². The third-order valence-electron chi connectivity index (χ3n) is 3.44. The molecular formula is C16H22N4O6+2. The average Bonchev–Trinajstić information content (AvgIpc) is 2.64. The van der Waals surface area contributed by atoms with Crippen molar-refractivity contribution in [3.05, 3.63) is 66.2 Å². The maximum Gasteiger partial charge on any atom is 0.287 e. The second-order valence-corrected chi connectivity index (χ2v) is 5.10. The van der Waals surface area contributed by atoms with Crippen LogP contribution in [0.4, 0.5) is 11.4 Å². The molecule has 0 amide bonds. The first-order valence-electron chi connectivity index (χ1n) is 11.8. The summed E-state index contributed by atoms with van der Waals surface area (Å²) in [6.07, 6.45) is -0.0590. The van der Waals surface area contributed by atoms with Gasteiger partial charge in [-0.05, 0) is 27.6 Å². The van der Waals surface area contributed by atoms with Gasteiger partial charge in [0.05, 0.1) is 32.1 Å². The van der Waals surface area contributed by atoms with E-state index in [-0.39, 0.29) is 5.69 Å². The highest BCUT2D eigenvalue weighted by molar-refractivity contribution is 5.45. The third kappa shape index (κ3) is 4.02. The maximum absolute atomic E-state index is 11.2. The molecule has 0 bridgehead atoms. The number of hydrogen-bond donors (Lipinski definition) is 2. The molecule has 0 spiro atoms. The van der Waals surface area contributed by atoms with Crippen LogP contribution in [-0.4, -0.2) is 20.3 Å². The second kappa shape index (κ2) is 7.72. The van der Waals surface area contributed by atoms with E-state index >= 15 is 0 Å². The fraction of sp³-hybridized carbons (Fsp3) is 0.375. The molecule has 0 aromatic carbocycles. The Morgan fingerprint density at radius 1 is 0.923 bits per heavy atom. The first kappa shape index (κ1) is 10.00. The van der Waals surface area contributed by atoms with Gasteiger partial charge >= 0.3 is 0 Å². The largest absolute Gasteiger partial charge is 0.287 e.